The van der Waals surface area contributed by atoms with Crippen LogP contribution in [-0.2, 0) is 11.4 Å². The molecule has 0 spiro atoms. The Morgan fingerprint density at radius 2 is 1.87 bits per heavy atom. The molecule has 4 aromatic rings. The maximum Gasteiger partial charge on any atom is 0.287 e. The molecule has 1 N–H and O–H groups in total. The van der Waals surface area contributed by atoms with Gasteiger partial charge in [0.1, 0.15) is 18.1 Å². The van der Waals surface area contributed by atoms with E-state index in [1.807, 2.05) is 37.3 Å². The second kappa shape index (κ2) is 8.87. The highest BCUT2D eigenvalue weighted by Gasteiger charge is 2.18. The molecule has 0 saturated heterocycles. The minimum Gasteiger partial charge on any atom is -0.487 e. The first-order chi connectivity index (χ1) is 15.0. The molecule has 1 unspecified atom stereocenters. The molecule has 1 atom stereocenters. The van der Waals surface area contributed by atoms with Crippen LogP contribution in [0.3, 0.4) is 0 Å². The summed E-state index contributed by atoms with van der Waals surface area (Å²) in [6, 6.07) is 19.9. The van der Waals surface area contributed by atoms with E-state index in [2.05, 4.69) is 10.3 Å². The number of amides is 1. The molecular formula is C24H23N3O4. The number of ether oxygens (including phenoxy) is 1. The van der Waals surface area contributed by atoms with Gasteiger partial charge in [-0.3, -0.25) is 9.59 Å². The Bertz CT molecular complexity index is 1240. The SMILES string of the molecule is CCC(C(=O)Nc1ccc(OCc2cc(=O)n3oc(C)cc3n2)cc1)c1ccccc1. The Balaban J connectivity index is 1.39. The monoisotopic (exact) mass is 417 g/mol. The second-order valence-electron chi connectivity index (χ2n) is 7.26. The zero-order chi connectivity index (χ0) is 21.8. The molecular weight excluding hydrogens is 394 g/mol. The number of aryl methyl sites for hydroxylation is 1. The Labute approximate surface area is 179 Å². The quantitative estimate of drug-likeness (QED) is 0.484. The van der Waals surface area contributed by atoms with Crippen molar-refractivity contribution >= 4 is 17.2 Å². The molecule has 158 valence electrons. The van der Waals surface area contributed by atoms with Crippen molar-refractivity contribution in [3.63, 3.8) is 0 Å². The summed E-state index contributed by atoms with van der Waals surface area (Å²) in [5.41, 5.74) is 2.36. The highest BCUT2D eigenvalue weighted by atomic mass is 16.5. The number of rotatable bonds is 7. The predicted octanol–water partition coefficient (Wildman–Crippen LogP) is 4.31. The minimum atomic E-state index is -0.293. The molecule has 4 rings (SSSR count). The lowest BCUT2D eigenvalue weighted by Gasteiger charge is -2.15. The molecule has 2 aromatic heterocycles. The number of nitrogens with one attached hydrogen (secondary N) is 1. The van der Waals surface area contributed by atoms with E-state index in [9.17, 15) is 9.59 Å². The molecule has 0 aliphatic rings. The molecule has 0 bridgehead atoms. The topological polar surface area (TPSA) is 85.8 Å². The number of anilines is 1. The number of nitrogens with zero attached hydrogens (tertiary/aromatic N) is 2. The van der Waals surface area contributed by atoms with Crippen molar-refractivity contribution in [2.75, 3.05) is 5.32 Å². The van der Waals surface area contributed by atoms with E-state index in [0.717, 1.165) is 10.1 Å². The van der Waals surface area contributed by atoms with Crippen LogP contribution >= 0.6 is 0 Å². The Kier molecular flexibility index (Phi) is 5.84. The molecule has 31 heavy (non-hydrogen) atoms. The maximum absolute atomic E-state index is 12.7. The first-order valence-corrected chi connectivity index (χ1v) is 10.1. The third-order valence-electron chi connectivity index (χ3n) is 4.96. The fourth-order valence-corrected chi connectivity index (χ4v) is 3.43. The van der Waals surface area contributed by atoms with Gasteiger partial charge in [0.25, 0.3) is 5.56 Å². The largest absolute Gasteiger partial charge is 0.487 e. The molecule has 0 aliphatic carbocycles. The van der Waals surface area contributed by atoms with Crippen LogP contribution in [0.2, 0.25) is 0 Å². The van der Waals surface area contributed by atoms with Crippen LogP contribution in [0.25, 0.3) is 5.65 Å². The van der Waals surface area contributed by atoms with Gasteiger partial charge in [0.15, 0.2) is 5.65 Å². The van der Waals surface area contributed by atoms with Gasteiger partial charge < -0.3 is 14.6 Å². The molecule has 0 fully saturated rings. The minimum absolute atomic E-state index is 0.0456. The second-order valence-corrected chi connectivity index (χ2v) is 7.26. The van der Waals surface area contributed by atoms with E-state index in [1.165, 1.54) is 6.07 Å². The zero-order valence-electron chi connectivity index (χ0n) is 17.4. The van der Waals surface area contributed by atoms with E-state index in [-0.39, 0.29) is 24.0 Å². The van der Waals surface area contributed by atoms with Gasteiger partial charge in [0.2, 0.25) is 5.91 Å². The molecule has 7 heteroatoms. The Hall–Kier alpha value is -3.87. The molecule has 7 nitrogen and oxygen atoms in total. The van der Waals surface area contributed by atoms with Crippen LogP contribution in [-0.4, -0.2) is 15.5 Å². The van der Waals surface area contributed by atoms with Gasteiger partial charge in [-0.1, -0.05) is 37.3 Å². The van der Waals surface area contributed by atoms with Crippen LogP contribution in [0.5, 0.6) is 5.75 Å². The van der Waals surface area contributed by atoms with Crippen LogP contribution in [0.1, 0.15) is 36.3 Å². The van der Waals surface area contributed by atoms with Gasteiger partial charge in [-0.05, 0) is 43.2 Å². The summed E-state index contributed by atoms with van der Waals surface area (Å²) in [4.78, 5) is 29.2. The van der Waals surface area contributed by atoms with Crippen molar-refractivity contribution in [1.82, 2.24) is 9.56 Å². The van der Waals surface area contributed by atoms with Gasteiger partial charge in [-0.2, -0.15) is 0 Å². The average Bonchev–Trinajstić information content (AvgIpc) is 3.15. The van der Waals surface area contributed by atoms with Crippen molar-refractivity contribution in [1.29, 1.82) is 0 Å². The highest BCUT2D eigenvalue weighted by molar-refractivity contribution is 5.95. The molecule has 2 aromatic carbocycles. The molecule has 0 radical (unpaired) electrons. The fourth-order valence-electron chi connectivity index (χ4n) is 3.43. The highest BCUT2D eigenvalue weighted by Crippen LogP contribution is 2.23. The fraction of sp³-hybridized carbons (Fsp3) is 0.208. The third kappa shape index (κ3) is 4.66. The summed E-state index contributed by atoms with van der Waals surface area (Å²) in [7, 11) is 0. The van der Waals surface area contributed by atoms with Crippen molar-refractivity contribution in [3.8, 4) is 5.75 Å². The summed E-state index contributed by atoms with van der Waals surface area (Å²) >= 11 is 0. The first-order valence-electron chi connectivity index (χ1n) is 10.1. The lowest BCUT2D eigenvalue weighted by molar-refractivity contribution is -0.117. The van der Waals surface area contributed by atoms with E-state index in [4.69, 9.17) is 9.26 Å². The molecule has 2 heterocycles. The Morgan fingerprint density at radius 3 is 2.58 bits per heavy atom. The van der Waals surface area contributed by atoms with Crippen LogP contribution in [0.4, 0.5) is 5.69 Å². The van der Waals surface area contributed by atoms with E-state index in [1.54, 1.807) is 37.3 Å². The number of hydrogen-bond acceptors (Lipinski definition) is 5. The first kappa shape index (κ1) is 20.4. The van der Waals surface area contributed by atoms with E-state index in [0.29, 0.717) is 35.0 Å². The number of carbonyl (C=O) groups excluding carboxylic acids is 1. The van der Waals surface area contributed by atoms with E-state index >= 15 is 0 Å². The molecule has 0 saturated carbocycles. The maximum atomic E-state index is 12.7. The van der Waals surface area contributed by atoms with Crippen molar-refractivity contribution < 1.29 is 14.1 Å². The van der Waals surface area contributed by atoms with Gasteiger partial charge in [0, 0.05) is 17.8 Å². The Morgan fingerprint density at radius 1 is 1.13 bits per heavy atom. The summed E-state index contributed by atoms with van der Waals surface area (Å²) < 4.78 is 12.2. The van der Waals surface area contributed by atoms with Crippen LogP contribution in [0.15, 0.2) is 76.0 Å². The number of aromatic nitrogens is 2. The van der Waals surface area contributed by atoms with E-state index < -0.39 is 0 Å². The van der Waals surface area contributed by atoms with Crippen molar-refractivity contribution in [2.24, 2.45) is 0 Å². The third-order valence-corrected chi connectivity index (χ3v) is 4.96. The normalized spacial score (nSPS) is 11.9. The van der Waals surface area contributed by atoms with Gasteiger partial charge >= 0.3 is 0 Å². The number of hydrogen-bond donors (Lipinski definition) is 1. The summed E-state index contributed by atoms with van der Waals surface area (Å²) in [6.45, 7) is 3.90. The number of benzene rings is 2. The number of fused-ring (bicyclic) bond motifs is 1. The molecule has 1 amide bonds. The van der Waals surface area contributed by atoms with Gasteiger partial charge in [-0.25, -0.2) is 4.98 Å². The predicted molar refractivity (Wildman–Crippen MR) is 117 cm³/mol. The van der Waals surface area contributed by atoms with Crippen LogP contribution < -0.4 is 15.6 Å². The summed E-state index contributed by atoms with van der Waals surface area (Å²) in [6.07, 6.45) is 0.713. The summed E-state index contributed by atoms with van der Waals surface area (Å²) in [5.74, 6) is 0.968. The van der Waals surface area contributed by atoms with Crippen LogP contribution in [0, 0.1) is 6.92 Å². The smallest absolute Gasteiger partial charge is 0.287 e. The average molecular weight is 417 g/mol. The lowest BCUT2D eigenvalue weighted by Crippen LogP contribution is -2.20. The van der Waals surface area contributed by atoms with Crippen molar-refractivity contribution in [2.45, 2.75) is 32.8 Å². The van der Waals surface area contributed by atoms with Gasteiger partial charge in [-0.15, -0.1) is 4.57 Å². The summed E-state index contributed by atoms with van der Waals surface area (Å²) in [5, 5.41) is 2.96. The zero-order valence-corrected chi connectivity index (χ0v) is 17.4. The van der Waals surface area contributed by atoms with Gasteiger partial charge in [0.05, 0.1) is 11.6 Å². The standard InChI is InChI=1S/C24H23N3O4/c1-3-21(17-7-5-4-6-8-17)24(29)26-18-9-11-20(12-10-18)30-15-19-14-23(28)27-22(25-19)13-16(2)31-27/h4-14,21H,3,15H2,1-2H3,(H,26,29). The van der Waals surface area contributed by atoms with Crippen molar-refractivity contribution in [3.05, 3.63) is 94.1 Å². The number of carbonyl (C=O) groups is 1. The molecule has 0 aliphatic heterocycles. The lowest BCUT2D eigenvalue weighted by atomic mass is 9.95.